The van der Waals surface area contributed by atoms with E-state index >= 15 is 0 Å². The number of hydrogen-bond acceptors (Lipinski definition) is 8. The van der Waals surface area contributed by atoms with Gasteiger partial charge in [0.05, 0.1) is 37.3 Å². The van der Waals surface area contributed by atoms with Crippen molar-refractivity contribution in [3.63, 3.8) is 0 Å². The molecule has 178 valence electrons. The number of ether oxygens (including phenoxy) is 1. The van der Waals surface area contributed by atoms with Crippen LogP contribution in [-0.4, -0.2) is 87.6 Å². The van der Waals surface area contributed by atoms with Crippen molar-refractivity contribution in [3.8, 4) is 23.1 Å². The van der Waals surface area contributed by atoms with Crippen LogP contribution in [0.1, 0.15) is 5.56 Å². The van der Waals surface area contributed by atoms with Crippen LogP contribution in [0.3, 0.4) is 0 Å². The number of hydrogen-bond donors (Lipinski definition) is 0. The lowest BCUT2D eigenvalue weighted by Crippen LogP contribution is -2.59. The fourth-order valence-electron chi connectivity index (χ4n) is 4.45. The predicted octanol–water partition coefficient (Wildman–Crippen LogP) is 0.965. The highest BCUT2D eigenvalue weighted by atomic mass is 16.5. The second-order valence-corrected chi connectivity index (χ2v) is 8.48. The molecule has 5 heterocycles. The Hall–Kier alpha value is -4.46. The highest BCUT2D eigenvalue weighted by Crippen LogP contribution is 2.29. The van der Waals surface area contributed by atoms with E-state index in [1.807, 2.05) is 11.0 Å². The van der Waals surface area contributed by atoms with Gasteiger partial charge in [0.1, 0.15) is 28.7 Å². The van der Waals surface area contributed by atoms with Crippen molar-refractivity contribution < 1.29 is 14.3 Å². The van der Waals surface area contributed by atoms with E-state index in [1.54, 1.807) is 35.1 Å². The third kappa shape index (κ3) is 4.03. The van der Waals surface area contributed by atoms with Gasteiger partial charge in [-0.3, -0.25) is 14.6 Å². The number of nitriles is 1. The van der Waals surface area contributed by atoms with Crippen LogP contribution in [-0.2, 0) is 9.59 Å². The maximum Gasteiger partial charge on any atom is 0.246 e. The number of methoxy groups -OCH3 is 1. The fourth-order valence-corrected chi connectivity index (χ4v) is 4.45. The number of aromatic nitrogens is 4. The molecular formula is C24H24N8O3. The van der Waals surface area contributed by atoms with Crippen molar-refractivity contribution in [2.75, 3.05) is 51.3 Å². The number of carbonyl (C=O) groups excluding carboxylic acids is 2. The third-order valence-electron chi connectivity index (χ3n) is 6.48. The standard InChI is InChI=1S/C24H24N8O3/c1-3-22(33)31-13-18(14-31)24(34)30-6-4-29(5-7-30)21-12-26-19(11-27-21)16-8-20(35-2)23-17(9-25)10-28-32(23)15-16/h3,8,10-12,15,18H,1,4-7,13-14H2,2H3. The Balaban J connectivity index is 1.23. The van der Waals surface area contributed by atoms with E-state index in [0.29, 0.717) is 61.8 Å². The molecule has 3 aromatic heterocycles. The highest BCUT2D eigenvalue weighted by Gasteiger charge is 2.37. The SMILES string of the molecule is C=CC(=O)N1CC(C(=O)N2CCN(c3cnc(-c4cc(OC)c5c(C#N)cnn5c4)cn3)CC2)C1. The number of likely N-dealkylation sites (tertiary alicyclic amines) is 1. The van der Waals surface area contributed by atoms with E-state index in [0.717, 1.165) is 11.4 Å². The molecule has 11 nitrogen and oxygen atoms in total. The van der Waals surface area contributed by atoms with Crippen molar-refractivity contribution in [1.29, 1.82) is 5.26 Å². The molecule has 0 radical (unpaired) electrons. The van der Waals surface area contributed by atoms with Gasteiger partial charge in [-0.05, 0) is 12.1 Å². The van der Waals surface area contributed by atoms with Crippen LogP contribution in [0.4, 0.5) is 5.82 Å². The Morgan fingerprint density at radius 1 is 1.14 bits per heavy atom. The van der Waals surface area contributed by atoms with Crippen LogP contribution in [0.15, 0.2) is 43.5 Å². The number of pyridine rings is 1. The van der Waals surface area contributed by atoms with Crippen molar-refractivity contribution in [2.24, 2.45) is 5.92 Å². The molecule has 2 aliphatic rings. The minimum atomic E-state index is -0.129. The monoisotopic (exact) mass is 472 g/mol. The lowest BCUT2D eigenvalue weighted by atomic mass is 9.98. The van der Waals surface area contributed by atoms with E-state index < -0.39 is 0 Å². The summed E-state index contributed by atoms with van der Waals surface area (Å²) in [7, 11) is 1.55. The molecule has 0 aliphatic carbocycles. The van der Waals surface area contributed by atoms with Crippen molar-refractivity contribution in [3.05, 3.63) is 49.1 Å². The Kier molecular flexibility index (Phi) is 5.78. The maximum absolute atomic E-state index is 12.7. The van der Waals surface area contributed by atoms with Crippen molar-refractivity contribution in [2.45, 2.75) is 0 Å². The molecule has 3 aromatic rings. The van der Waals surface area contributed by atoms with E-state index in [9.17, 15) is 14.9 Å². The lowest BCUT2D eigenvalue weighted by Gasteiger charge is -2.42. The summed E-state index contributed by atoms with van der Waals surface area (Å²) in [6, 6.07) is 3.93. The van der Waals surface area contributed by atoms with Crippen LogP contribution in [0.25, 0.3) is 16.8 Å². The van der Waals surface area contributed by atoms with Gasteiger partial charge in [-0.1, -0.05) is 6.58 Å². The molecule has 2 saturated heterocycles. The van der Waals surface area contributed by atoms with Crippen molar-refractivity contribution >= 4 is 23.1 Å². The molecule has 0 spiro atoms. The third-order valence-corrected chi connectivity index (χ3v) is 6.48. The Labute approximate surface area is 201 Å². The molecule has 0 saturated carbocycles. The van der Waals surface area contributed by atoms with Gasteiger partial charge < -0.3 is 19.4 Å². The van der Waals surface area contributed by atoms with Gasteiger partial charge in [0.15, 0.2) is 0 Å². The molecule has 5 rings (SSSR count). The van der Waals surface area contributed by atoms with Crippen LogP contribution in [0.5, 0.6) is 5.75 Å². The Bertz CT molecular complexity index is 1330. The summed E-state index contributed by atoms with van der Waals surface area (Å²) >= 11 is 0. The normalized spacial score (nSPS) is 16.1. The first kappa shape index (κ1) is 22.3. The van der Waals surface area contributed by atoms with Gasteiger partial charge in [-0.15, -0.1) is 0 Å². The number of anilines is 1. The number of carbonyl (C=O) groups is 2. The first-order chi connectivity index (χ1) is 17.0. The first-order valence-corrected chi connectivity index (χ1v) is 11.3. The number of fused-ring (bicyclic) bond motifs is 1. The second-order valence-electron chi connectivity index (χ2n) is 8.48. The van der Waals surface area contributed by atoms with Gasteiger partial charge in [0, 0.05) is 51.0 Å². The van der Waals surface area contributed by atoms with Crippen LogP contribution in [0.2, 0.25) is 0 Å². The van der Waals surface area contributed by atoms with Gasteiger partial charge in [0.25, 0.3) is 0 Å². The minimum Gasteiger partial charge on any atom is -0.494 e. The zero-order valence-electron chi connectivity index (χ0n) is 19.3. The minimum absolute atomic E-state index is 0.0988. The molecular weight excluding hydrogens is 448 g/mol. The molecule has 0 aromatic carbocycles. The number of nitrogens with zero attached hydrogens (tertiary/aromatic N) is 8. The Morgan fingerprint density at radius 2 is 1.91 bits per heavy atom. The van der Waals surface area contributed by atoms with Gasteiger partial charge >= 0.3 is 0 Å². The molecule has 0 unspecified atom stereocenters. The summed E-state index contributed by atoms with van der Waals surface area (Å²) in [5.41, 5.74) is 2.46. The largest absolute Gasteiger partial charge is 0.494 e. The highest BCUT2D eigenvalue weighted by molar-refractivity contribution is 5.90. The van der Waals surface area contributed by atoms with Crippen LogP contribution >= 0.6 is 0 Å². The molecule has 0 atom stereocenters. The zero-order chi connectivity index (χ0) is 24.5. The molecule has 2 aliphatic heterocycles. The van der Waals surface area contributed by atoms with Crippen molar-refractivity contribution in [1.82, 2.24) is 29.4 Å². The zero-order valence-corrected chi connectivity index (χ0v) is 19.3. The summed E-state index contributed by atoms with van der Waals surface area (Å²) in [6.45, 7) is 6.92. The van der Waals surface area contributed by atoms with E-state index in [2.05, 4.69) is 32.6 Å². The smallest absolute Gasteiger partial charge is 0.246 e. The van der Waals surface area contributed by atoms with Gasteiger partial charge in [0.2, 0.25) is 11.8 Å². The Morgan fingerprint density at radius 3 is 2.54 bits per heavy atom. The first-order valence-electron chi connectivity index (χ1n) is 11.3. The van der Waals surface area contributed by atoms with Crippen LogP contribution < -0.4 is 9.64 Å². The molecule has 35 heavy (non-hydrogen) atoms. The van der Waals surface area contributed by atoms with E-state index in [4.69, 9.17) is 4.74 Å². The van der Waals surface area contributed by atoms with Gasteiger partial charge in [-0.2, -0.15) is 10.4 Å². The topological polar surface area (TPSA) is 120 Å². The predicted molar refractivity (Wildman–Crippen MR) is 127 cm³/mol. The average molecular weight is 473 g/mol. The summed E-state index contributed by atoms with van der Waals surface area (Å²) < 4.78 is 7.07. The van der Waals surface area contributed by atoms with Gasteiger partial charge in [-0.25, -0.2) is 9.50 Å². The molecule has 0 bridgehead atoms. The molecule has 2 amide bonds. The second kappa shape index (κ2) is 9.06. The summed E-state index contributed by atoms with van der Waals surface area (Å²) in [4.78, 5) is 39.1. The number of amides is 2. The summed E-state index contributed by atoms with van der Waals surface area (Å²) in [5.74, 6) is 1.12. The quantitative estimate of drug-likeness (QED) is 0.504. The lowest BCUT2D eigenvalue weighted by molar-refractivity contribution is -0.146. The molecule has 2 fully saturated rings. The number of piperazine rings is 1. The number of rotatable bonds is 5. The molecule has 11 heteroatoms. The fraction of sp³-hybridized carbons (Fsp3) is 0.333. The average Bonchev–Trinajstić information content (AvgIpc) is 3.30. The van der Waals surface area contributed by atoms with E-state index in [1.165, 1.54) is 12.3 Å². The summed E-state index contributed by atoms with van der Waals surface area (Å²) in [5, 5.41) is 13.5. The summed E-state index contributed by atoms with van der Waals surface area (Å²) in [6.07, 6.45) is 7.99. The van der Waals surface area contributed by atoms with Crippen LogP contribution in [0, 0.1) is 17.2 Å². The maximum atomic E-state index is 12.7. The molecule has 0 N–H and O–H groups in total. The van der Waals surface area contributed by atoms with E-state index in [-0.39, 0.29) is 17.7 Å².